The highest BCUT2D eigenvalue weighted by molar-refractivity contribution is 5.69. The number of benzene rings is 2. The van der Waals surface area contributed by atoms with Gasteiger partial charge in [0.15, 0.2) is 0 Å². The summed E-state index contributed by atoms with van der Waals surface area (Å²) < 4.78 is 20.5. The molecular formula is C23H21FN4O. The van der Waals surface area contributed by atoms with E-state index in [-0.39, 0.29) is 5.82 Å². The summed E-state index contributed by atoms with van der Waals surface area (Å²) in [5.74, 6) is 1.29. The van der Waals surface area contributed by atoms with Crippen LogP contribution in [0.5, 0.6) is 5.75 Å². The Morgan fingerprint density at radius 3 is 2.66 bits per heavy atom. The molecule has 29 heavy (non-hydrogen) atoms. The Bertz CT molecular complexity index is 1140. The van der Waals surface area contributed by atoms with Crippen molar-refractivity contribution < 1.29 is 9.13 Å². The van der Waals surface area contributed by atoms with Gasteiger partial charge in [0.25, 0.3) is 0 Å². The molecule has 0 unspecified atom stereocenters. The van der Waals surface area contributed by atoms with Crippen molar-refractivity contribution >= 4 is 12.2 Å². The van der Waals surface area contributed by atoms with E-state index in [1.54, 1.807) is 31.8 Å². The third-order valence-corrected chi connectivity index (χ3v) is 4.58. The van der Waals surface area contributed by atoms with Crippen LogP contribution in [-0.2, 0) is 6.42 Å². The lowest BCUT2D eigenvalue weighted by atomic mass is 10.1. The van der Waals surface area contributed by atoms with Crippen LogP contribution in [-0.4, -0.2) is 26.6 Å². The molecule has 0 aliphatic heterocycles. The van der Waals surface area contributed by atoms with Gasteiger partial charge in [-0.25, -0.2) is 14.4 Å². The molecule has 0 amide bonds. The van der Waals surface area contributed by atoms with E-state index in [2.05, 4.69) is 15.0 Å². The second-order valence-corrected chi connectivity index (χ2v) is 6.78. The van der Waals surface area contributed by atoms with Gasteiger partial charge in [-0.1, -0.05) is 24.3 Å². The molecular weight excluding hydrogens is 367 g/mol. The second-order valence-electron chi connectivity index (χ2n) is 6.78. The van der Waals surface area contributed by atoms with Gasteiger partial charge < -0.3 is 14.3 Å². The zero-order valence-electron chi connectivity index (χ0n) is 16.3. The minimum atomic E-state index is -0.230. The molecule has 146 valence electrons. The number of aromatic amines is 1. The Kier molecular flexibility index (Phi) is 5.24. The fourth-order valence-corrected chi connectivity index (χ4v) is 3.11. The number of methoxy groups -OCH3 is 1. The van der Waals surface area contributed by atoms with Crippen LogP contribution >= 0.6 is 0 Å². The number of H-pyrrole nitrogens is 1. The molecule has 5 nitrogen and oxygen atoms in total. The fraction of sp³-hybridized carbons (Fsp3) is 0.130. The first-order chi connectivity index (χ1) is 14.1. The van der Waals surface area contributed by atoms with Gasteiger partial charge >= 0.3 is 0 Å². The molecule has 0 spiro atoms. The molecule has 4 rings (SSSR count). The number of hydrogen-bond acceptors (Lipinski definition) is 3. The van der Waals surface area contributed by atoms with E-state index < -0.39 is 0 Å². The monoisotopic (exact) mass is 388 g/mol. The van der Waals surface area contributed by atoms with Crippen LogP contribution in [0.3, 0.4) is 0 Å². The lowest BCUT2D eigenvalue weighted by Crippen LogP contribution is -1.95. The number of nitrogens with zero attached hydrogens (tertiary/aromatic N) is 3. The molecule has 1 N–H and O–H groups in total. The molecule has 2 aromatic carbocycles. The topological polar surface area (TPSA) is 55.7 Å². The molecule has 6 heteroatoms. The summed E-state index contributed by atoms with van der Waals surface area (Å²) in [6.07, 6.45) is 10.1. The molecule has 0 aliphatic carbocycles. The number of imidazole rings is 2. The van der Waals surface area contributed by atoms with Crippen molar-refractivity contribution in [2.45, 2.75) is 13.3 Å². The highest BCUT2D eigenvalue weighted by Crippen LogP contribution is 2.25. The van der Waals surface area contributed by atoms with Crippen molar-refractivity contribution in [3.05, 3.63) is 95.3 Å². The van der Waals surface area contributed by atoms with Crippen LogP contribution in [0.4, 0.5) is 4.39 Å². The van der Waals surface area contributed by atoms with Crippen molar-refractivity contribution in [1.29, 1.82) is 0 Å². The highest BCUT2D eigenvalue weighted by atomic mass is 19.1. The lowest BCUT2D eigenvalue weighted by Gasteiger charge is -2.09. The van der Waals surface area contributed by atoms with E-state index in [4.69, 9.17) is 4.74 Å². The molecule has 0 atom stereocenters. The van der Waals surface area contributed by atoms with Gasteiger partial charge in [-0.05, 0) is 48.4 Å². The minimum Gasteiger partial charge on any atom is -0.495 e. The Morgan fingerprint density at radius 2 is 1.93 bits per heavy atom. The third-order valence-electron chi connectivity index (χ3n) is 4.58. The Morgan fingerprint density at radius 1 is 1.10 bits per heavy atom. The normalized spacial score (nSPS) is 11.3. The number of aryl methyl sites for hydroxylation is 1. The van der Waals surface area contributed by atoms with E-state index in [1.165, 1.54) is 12.1 Å². The van der Waals surface area contributed by atoms with Crippen molar-refractivity contribution in [1.82, 2.24) is 19.5 Å². The molecule has 0 saturated heterocycles. The van der Waals surface area contributed by atoms with Gasteiger partial charge in [0.2, 0.25) is 0 Å². The molecule has 0 aliphatic rings. The maximum atomic E-state index is 13.0. The third kappa shape index (κ3) is 4.43. The van der Waals surface area contributed by atoms with Crippen molar-refractivity contribution in [3.63, 3.8) is 0 Å². The summed E-state index contributed by atoms with van der Waals surface area (Å²) in [7, 11) is 1.66. The number of rotatable bonds is 6. The quantitative estimate of drug-likeness (QED) is 0.516. The molecule has 2 heterocycles. The van der Waals surface area contributed by atoms with Crippen molar-refractivity contribution in [3.8, 4) is 11.4 Å². The fourth-order valence-electron chi connectivity index (χ4n) is 3.11. The summed E-state index contributed by atoms with van der Waals surface area (Å²) in [5, 5.41) is 0. The first-order valence-corrected chi connectivity index (χ1v) is 9.26. The average Bonchev–Trinajstić information content (AvgIpc) is 3.36. The maximum absolute atomic E-state index is 13.0. The first-order valence-electron chi connectivity index (χ1n) is 9.26. The molecule has 0 radical (unpaired) electrons. The molecule has 4 aromatic rings. The van der Waals surface area contributed by atoms with Gasteiger partial charge in [0.05, 0.1) is 24.8 Å². The van der Waals surface area contributed by atoms with Crippen molar-refractivity contribution in [2.75, 3.05) is 7.11 Å². The van der Waals surface area contributed by atoms with Gasteiger partial charge in [-0.3, -0.25) is 0 Å². The minimum absolute atomic E-state index is 0.230. The van der Waals surface area contributed by atoms with Gasteiger partial charge in [0, 0.05) is 24.5 Å². The standard InChI is InChI=1S/C23H21FN4O/c1-16-14-28(15-26-16)21-9-5-18(12-22(21)29-2)6-10-23-25-13-20(27-23)11-17-3-7-19(24)8-4-17/h3-10,12-15H,11H2,1-2H3,(H,25,27)/b10-6+. The van der Waals surface area contributed by atoms with Crippen LogP contribution in [0, 0.1) is 12.7 Å². The van der Waals surface area contributed by atoms with Gasteiger partial charge in [-0.15, -0.1) is 0 Å². The molecule has 0 saturated carbocycles. The lowest BCUT2D eigenvalue weighted by molar-refractivity contribution is 0.413. The predicted octanol–water partition coefficient (Wildman–Crippen LogP) is 4.81. The smallest absolute Gasteiger partial charge is 0.143 e. The number of halogens is 1. The summed E-state index contributed by atoms with van der Waals surface area (Å²) in [5.41, 5.74) is 4.88. The zero-order chi connectivity index (χ0) is 20.2. The molecule has 0 bridgehead atoms. The maximum Gasteiger partial charge on any atom is 0.143 e. The van der Waals surface area contributed by atoms with Crippen LogP contribution in [0.1, 0.15) is 28.3 Å². The second kappa shape index (κ2) is 8.14. The Balaban J connectivity index is 1.49. The van der Waals surface area contributed by atoms with Crippen LogP contribution in [0.2, 0.25) is 0 Å². The van der Waals surface area contributed by atoms with E-state index in [9.17, 15) is 4.39 Å². The predicted molar refractivity (Wildman–Crippen MR) is 112 cm³/mol. The number of hydrogen-bond donors (Lipinski definition) is 1. The number of aromatic nitrogens is 4. The van der Waals surface area contributed by atoms with E-state index >= 15 is 0 Å². The van der Waals surface area contributed by atoms with E-state index in [1.807, 2.05) is 48.0 Å². The van der Waals surface area contributed by atoms with Gasteiger partial charge in [-0.2, -0.15) is 0 Å². The van der Waals surface area contributed by atoms with Crippen LogP contribution < -0.4 is 4.74 Å². The largest absolute Gasteiger partial charge is 0.495 e. The average molecular weight is 388 g/mol. The number of ether oxygens (including phenoxy) is 1. The highest BCUT2D eigenvalue weighted by Gasteiger charge is 2.07. The zero-order valence-corrected chi connectivity index (χ0v) is 16.3. The molecule has 0 fully saturated rings. The SMILES string of the molecule is COc1cc(/C=C/c2ncc(Cc3ccc(F)cc3)[nH]2)ccc1-n1cnc(C)c1. The summed E-state index contributed by atoms with van der Waals surface area (Å²) in [6.45, 7) is 1.95. The summed E-state index contributed by atoms with van der Waals surface area (Å²) >= 11 is 0. The Labute approximate surface area is 168 Å². The summed E-state index contributed by atoms with van der Waals surface area (Å²) in [4.78, 5) is 11.9. The van der Waals surface area contributed by atoms with Crippen LogP contribution in [0.15, 0.2) is 61.2 Å². The van der Waals surface area contributed by atoms with E-state index in [0.717, 1.165) is 39.8 Å². The summed E-state index contributed by atoms with van der Waals surface area (Å²) in [6, 6.07) is 12.5. The number of nitrogens with one attached hydrogen (secondary N) is 1. The first kappa shape index (κ1) is 18.7. The van der Waals surface area contributed by atoms with Crippen LogP contribution in [0.25, 0.3) is 17.8 Å². The van der Waals surface area contributed by atoms with Crippen molar-refractivity contribution in [2.24, 2.45) is 0 Å². The van der Waals surface area contributed by atoms with Gasteiger partial charge in [0.1, 0.15) is 17.4 Å². The Hall–Kier alpha value is -3.67. The van der Waals surface area contributed by atoms with E-state index in [0.29, 0.717) is 6.42 Å². The molecule has 2 aromatic heterocycles.